The molecule has 1 fully saturated rings. The van der Waals surface area contributed by atoms with Gasteiger partial charge in [-0.2, -0.15) is 0 Å². The molecule has 4 nitrogen and oxygen atoms in total. The molecule has 0 saturated heterocycles. The molecule has 110 valence electrons. The second kappa shape index (κ2) is 7.88. The molecule has 2 N–H and O–H groups in total. The van der Waals surface area contributed by atoms with Gasteiger partial charge in [-0.25, -0.2) is 4.98 Å². The molecule has 1 heterocycles. The number of carbonyl (C=O) groups is 1. The lowest BCUT2D eigenvalue weighted by molar-refractivity contribution is 0.0952. The van der Waals surface area contributed by atoms with Crippen LogP contribution in [0.4, 0.5) is 5.82 Å². The molecule has 1 aromatic rings. The van der Waals surface area contributed by atoms with Crippen molar-refractivity contribution in [2.75, 3.05) is 18.4 Å². The van der Waals surface area contributed by atoms with E-state index in [1.165, 1.54) is 32.1 Å². The number of rotatable bonds is 7. The number of aromatic nitrogens is 1. The summed E-state index contributed by atoms with van der Waals surface area (Å²) in [6.07, 6.45) is 9.55. The van der Waals surface area contributed by atoms with E-state index in [1.807, 2.05) is 6.92 Å². The van der Waals surface area contributed by atoms with Crippen molar-refractivity contribution in [1.82, 2.24) is 10.3 Å². The van der Waals surface area contributed by atoms with Crippen LogP contribution in [0.2, 0.25) is 0 Å². The molecule has 2 rings (SSSR count). The Morgan fingerprint density at radius 1 is 1.40 bits per heavy atom. The number of pyridine rings is 1. The lowest BCUT2D eigenvalue weighted by Gasteiger charge is -2.10. The minimum Gasteiger partial charge on any atom is -0.370 e. The smallest absolute Gasteiger partial charge is 0.251 e. The summed E-state index contributed by atoms with van der Waals surface area (Å²) in [5.41, 5.74) is 0.678. The van der Waals surface area contributed by atoms with E-state index in [1.54, 1.807) is 18.3 Å². The molecule has 1 saturated carbocycles. The fourth-order valence-electron chi connectivity index (χ4n) is 2.84. The molecule has 0 aliphatic heterocycles. The molecule has 1 aliphatic carbocycles. The van der Waals surface area contributed by atoms with Crippen molar-refractivity contribution in [3.8, 4) is 0 Å². The van der Waals surface area contributed by atoms with Gasteiger partial charge in [-0.05, 0) is 37.8 Å². The predicted molar refractivity (Wildman–Crippen MR) is 81.9 cm³/mol. The molecule has 0 aromatic carbocycles. The summed E-state index contributed by atoms with van der Waals surface area (Å²) in [6.45, 7) is 3.59. The van der Waals surface area contributed by atoms with Gasteiger partial charge in [0.15, 0.2) is 0 Å². The van der Waals surface area contributed by atoms with E-state index in [-0.39, 0.29) is 5.91 Å². The van der Waals surface area contributed by atoms with Crippen LogP contribution >= 0.6 is 0 Å². The highest BCUT2D eigenvalue weighted by molar-refractivity contribution is 5.94. The van der Waals surface area contributed by atoms with E-state index in [9.17, 15) is 4.79 Å². The Morgan fingerprint density at radius 3 is 2.95 bits per heavy atom. The first-order valence-electron chi connectivity index (χ1n) is 7.77. The lowest BCUT2D eigenvalue weighted by atomic mass is 10.0. The van der Waals surface area contributed by atoms with Gasteiger partial charge in [0.25, 0.3) is 5.91 Å². The number of carbonyl (C=O) groups excluding carboxylic acids is 1. The zero-order chi connectivity index (χ0) is 14.2. The largest absolute Gasteiger partial charge is 0.370 e. The van der Waals surface area contributed by atoms with Gasteiger partial charge in [0.1, 0.15) is 5.82 Å². The molecular formula is C16H25N3O. The first-order chi connectivity index (χ1) is 9.79. The summed E-state index contributed by atoms with van der Waals surface area (Å²) in [7, 11) is 0. The van der Waals surface area contributed by atoms with Crippen LogP contribution in [0.1, 0.15) is 55.8 Å². The van der Waals surface area contributed by atoms with E-state index < -0.39 is 0 Å². The van der Waals surface area contributed by atoms with E-state index in [2.05, 4.69) is 15.6 Å². The van der Waals surface area contributed by atoms with E-state index in [4.69, 9.17) is 0 Å². The van der Waals surface area contributed by atoms with Gasteiger partial charge in [0, 0.05) is 24.8 Å². The number of hydrogen-bond acceptors (Lipinski definition) is 3. The number of hydrogen-bond donors (Lipinski definition) is 2. The van der Waals surface area contributed by atoms with Gasteiger partial charge in [-0.1, -0.05) is 25.7 Å². The third-order valence-corrected chi connectivity index (χ3v) is 3.93. The Labute approximate surface area is 121 Å². The van der Waals surface area contributed by atoms with Gasteiger partial charge in [-0.15, -0.1) is 0 Å². The SMILES string of the molecule is CCNc1cc(C(=O)NCCCC2CCCC2)ccn1. The molecule has 0 bridgehead atoms. The van der Waals surface area contributed by atoms with E-state index in [0.29, 0.717) is 5.56 Å². The van der Waals surface area contributed by atoms with Gasteiger partial charge in [-0.3, -0.25) is 4.79 Å². The van der Waals surface area contributed by atoms with Crippen LogP contribution in [-0.2, 0) is 0 Å². The van der Waals surface area contributed by atoms with Crippen LogP contribution in [0.15, 0.2) is 18.3 Å². The minimum atomic E-state index is -0.00187. The number of anilines is 1. The molecule has 0 atom stereocenters. The van der Waals surface area contributed by atoms with Crippen LogP contribution < -0.4 is 10.6 Å². The van der Waals surface area contributed by atoms with Crippen molar-refractivity contribution in [3.05, 3.63) is 23.9 Å². The predicted octanol–water partition coefficient (Wildman–Crippen LogP) is 3.21. The standard InChI is InChI=1S/C16H25N3O/c1-2-17-15-12-14(9-11-18-15)16(20)19-10-5-8-13-6-3-4-7-13/h9,11-13H,2-8,10H2,1H3,(H,17,18)(H,19,20). The second-order valence-electron chi connectivity index (χ2n) is 5.51. The first-order valence-corrected chi connectivity index (χ1v) is 7.77. The molecule has 0 radical (unpaired) electrons. The van der Waals surface area contributed by atoms with Crippen molar-refractivity contribution < 1.29 is 4.79 Å². The zero-order valence-corrected chi connectivity index (χ0v) is 12.3. The Morgan fingerprint density at radius 2 is 2.20 bits per heavy atom. The zero-order valence-electron chi connectivity index (χ0n) is 12.3. The molecule has 0 spiro atoms. The van der Waals surface area contributed by atoms with Crippen molar-refractivity contribution in [3.63, 3.8) is 0 Å². The summed E-state index contributed by atoms with van der Waals surface area (Å²) in [5.74, 6) is 1.65. The maximum atomic E-state index is 12.0. The Hall–Kier alpha value is -1.58. The van der Waals surface area contributed by atoms with Crippen molar-refractivity contribution in [2.45, 2.75) is 45.4 Å². The number of nitrogens with one attached hydrogen (secondary N) is 2. The van der Waals surface area contributed by atoms with E-state index in [0.717, 1.165) is 31.2 Å². The highest BCUT2D eigenvalue weighted by Crippen LogP contribution is 2.28. The van der Waals surface area contributed by atoms with Gasteiger partial charge in [0.2, 0.25) is 0 Å². The Kier molecular flexibility index (Phi) is 5.84. The quantitative estimate of drug-likeness (QED) is 0.751. The summed E-state index contributed by atoms with van der Waals surface area (Å²) in [4.78, 5) is 16.2. The Bertz CT molecular complexity index is 427. The second-order valence-corrected chi connectivity index (χ2v) is 5.51. The number of nitrogens with zero attached hydrogens (tertiary/aromatic N) is 1. The average molecular weight is 275 g/mol. The molecule has 4 heteroatoms. The maximum absolute atomic E-state index is 12.0. The van der Waals surface area contributed by atoms with Crippen LogP contribution in [0.25, 0.3) is 0 Å². The third-order valence-electron chi connectivity index (χ3n) is 3.93. The highest BCUT2D eigenvalue weighted by atomic mass is 16.1. The molecule has 20 heavy (non-hydrogen) atoms. The molecule has 0 unspecified atom stereocenters. The van der Waals surface area contributed by atoms with Gasteiger partial charge < -0.3 is 10.6 Å². The topological polar surface area (TPSA) is 54.0 Å². The maximum Gasteiger partial charge on any atom is 0.251 e. The van der Waals surface area contributed by atoms with Crippen LogP contribution in [-0.4, -0.2) is 24.0 Å². The molecule has 1 aromatic heterocycles. The summed E-state index contributed by atoms with van der Waals surface area (Å²) in [5, 5.41) is 6.11. The van der Waals surface area contributed by atoms with Gasteiger partial charge >= 0.3 is 0 Å². The summed E-state index contributed by atoms with van der Waals surface area (Å²) < 4.78 is 0. The summed E-state index contributed by atoms with van der Waals surface area (Å²) in [6, 6.07) is 3.56. The van der Waals surface area contributed by atoms with Crippen molar-refractivity contribution >= 4 is 11.7 Å². The number of amides is 1. The van der Waals surface area contributed by atoms with Crippen LogP contribution in [0.5, 0.6) is 0 Å². The minimum absolute atomic E-state index is 0.00187. The first kappa shape index (κ1) is 14.8. The van der Waals surface area contributed by atoms with Crippen LogP contribution in [0.3, 0.4) is 0 Å². The normalized spacial score (nSPS) is 15.2. The lowest BCUT2D eigenvalue weighted by Crippen LogP contribution is -2.25. The van der Waals surface area contributed by atoms with Gasteiger partial charge in [0.05, 0.1) is 0 Å². The highest BCUT2D eigenvalue weighted by Gasteiger charge is 2.14. The van der Waals surface area contributed by atoms with E-state index >= 15 is 0 Å². The molecular weight excluding hydrogens is 250 g/mol. The van der Waals surface area contributed by atoms with Crippen molar-refractivity contribution in [2.24, 2.45) is 5.92 Å². The fraction of sp³-hybridized carbons (Fsp3) is 0.625. The Balaban J connectivity index is 1.72. The average Bonchev–Trinajstić information content (AvgIpc) is 2.97. The summed E-state index contributed by atoms with van der Waals surface area (Å²) >= 11 is 0. The third kappa shape index (κ3) is 4.51. The monoisotopic (exact) mass is 275 g/mol. The fourth-order valence-corrected chi connectivity index (χ4v) is 2.84. The molecule has 1 amide bonds. The molecule has 1 aliphatic rings. The van der Waals surface area contributed by atoms with Crippen LogP contribution in [0, 0.1) is 5.92 Å². The van der Waals surface area contributed by atoms with Crippen molar-refractivity contribution in [1.29, 1.82) is 0 Å².